The number of nitrogens with one attached hydrogen (secondary N) is 2. The van der Waals surface area contributed by atoms with E-state index in [9.17, 15) is 9.90 Å². The summed E-state index contributed by atoms with van der Waals surface area (Å²) in [4.78, 5) is 11.8. The second-order valence-electron chi connectivity index (χ2n) is 4.41. The molecule has 8 heteroatoms. The average Bonchev–Trinajstić information content (AvgIpc) is 2.90. The number of hydrogen-bond donors (Lipinski definition) is 3. The fraction of sp³-hybridized carbons (Fsp3) is 0.214. The number of aryl methyl sites for hydroxylation is 1. The van der Waals surface area contributed by atoms with E-state index in [-0.39, 0.29) is 11.4 Å². The van der Waals surface area contributed by atoms with Gasteiger partial charge in [-0.15, -0.1) is 0 Å². The van der Waals surface area contributed by atoms with Crippen LogP contribution in [0.1, 0.15) is 28.7 Å². The summed E-state index contributed by atoms with van der Waals surface area (Å²) in [5.74, 6) is -0.0725. The highest BCUT2D eigenvalue weighted by Crippen LogP contribution is 2.31. The lowest BCUT2D eigenvalue weighted by molar-refractivity contribution is 0.0950. The van der Waals surface area contributed by atoms with Gasteiger partial charge in [0.1, 0.15) is 0 Å². The number of H-pyrrole nitrogens is 1. The molecule has 1 aromatic heterocycles. The predicted molar refractivity (Wildman–Crippen MR) is 90.4 cm³/mol. The second-order valence-corrected chi connectivity index (χ2v) is 5.66. The number of aromatic nitrogens is 2. The van der Waals surface area contributed by atoms with Gasteiger partial charge in [0.25, 0.3) is 5.91 Å². The van der Waals surface area contributed by atoms with Crippen molar-refractivity contribution >= 4 is 34.7 Å². The Morgan fingerprint density at radius 2 is 2.32 bits per heavy atom. The van der Waals surface area contributed by atoms with E-state index in [1.54, 1.807) is 25.1 Å². The van der Waals surface area contributed by atoms with Crippen LogP contribution in [-0.4, -0.2) is 34.0 Å². The molecule has 0 saturated carbocycles. The van der Waals surface area contributed by atoms with Gasteiger partial charge in [0.2, 0.25) is 0 Å². The molecule has 2 aromatic rings. The molecule has 116 valence electrons. The molecule has 0 radical (unpaired) electrons. The van der Waals surface area contributed by atoms with Crippen molar-refractivity contribution in [3.63, 3.8) is 0 Å². The van der Waals surface area contributed by atoms with E-state index in [2.05, 4.69) is 43.3 Å². The van der Waals surface area contributed by atoms with Crippen LogP contribution in [0.15, 0.2) is 23.3 Å². The molecule has 22 heavy (non-hydrogen) atoms. The molecule has 0 atom stereocenters. The minimum Gasteiger partial charge on any atom is -0.504 e. The van der Waals surface area contributed by atoms with E-state index in [0.29, 0.717) is 17.9 Å². The Bertz CT molecular complexity index is 712. The van der Waals surface area contributed by atoms with Gasteiger partial charge in [-0.2, -0.15) is 10.2 Å². The third-order valence-corrected chi connectivity index (χ3v) is 3.30. The Hall–Kier alpha value is -2.10. The molecule has 3 N–H and O–H groups in total. The number of aromatic amines is 1. The summed E-state index contributed by atoms with van der Waals surface area (Å²) in [7, 11) is 0. The lowest BCUT2D eigenvalue weighted by Gasteiger charge is -2.08. The van der Waals surface area contributed by atoms with E-state index in [4.69, 9.17) is 4.74 Å². The number of carbonyl (C=O) groups excluding carboxylic acids is 1. The molecule has 7 nitrogen and oxygen atoms in total. The van der Waals surface area contributed by atoms with Crippen molar-refractivity contribution in [2.24, 2.45) is 5.10 Å². The van der Waals surface area contributed by atoms with Gasteiger partial charge >= 0.3 is 0 Å². The van der Waals surface area contributed by atoms with E-state index >= 15 is 0 Å². The van der Waals surface area contributed by atoms with Crippen LogP contribution in [0.25, 0.3) is 0 Å². The minimum atomic E-state index is -0.434. The molecule has 0 bridgehead atoms. The topological polar surface area (TPSA) is 99.6 Å². The summed E-state index contributed by atoms with van der Waals surface area (Å²) in [6.45, 7) is 4.07. The first-order valence-electron chi connectivity index (χ1n) is 6.52. The molecular formula is C14H15IN4O3. The monoisotopic (exact) mass is 414 g/mol. The van der Waals surface area contributed by atoms with Gasteiger partial charge in [-0.3, -0.25) is 9.89 Å². The molecule has 1 aromatic carbocycles. The first-order chi connectivity index (χ1) is 10.5. The summed E-state index contributed by atoms with van der Waals surface area (Å²) in [6.07, 6.45) is 1.36. The van der Waals surface area contributed by atoms with Crippen LogP contribution in [-0.2, 0) is 0 Å². The lowest BCUT2D eigenvalue weighted by atomic mass is 10.2. The Morgan fingerprint density at radius 1 is 1.55 bits per heavy atom. The third-order valence-electron chi connectivity index (χ3n) is 2.68. The first kappa shape index (κ1) is 16.3. The number of phenols is 1. The normalized spacial score (nSPS) is 10.9. The fourth-order valence-corrected chi connectivity index (χ4v) is 2.33. The SMILES string of the molecule is CCOc1cc(I)cc(C=NNC(=O)c2cc(C)[nH]n2)c1O. The van der Waals surface area contributed by atoms with Gasteiger partial charge in [-0.05, 0) is 54.6 Å². The quantitative estimate of drug-likeness (QED) is 0.397. The van der Waals surface area contributed by atoms with Gasteiger partial charge < -0.3 is 9.84 Å². The predicted octanol–water partition coefficient (Wildman–Crippen LogP) is 2.19. The van der Waals surface area contributed by atoms with Crippen LogP contribution >= 0.6 is 22.6 Å². The zero-order chi connectivity index (χ0) is 16.1. The number of phenolic OH excluding ortho intramolecular Hbond substituents is 1. The molecule has 0 fully saturated rings. The van der Waals surface area contributed by atoms with Crippen molar-refractivity contribution in [1.82, 2.24) is 15.6 Å². The molecule has 0 saturated heterocycles. The fourth-order valence-electron chi connectivity index (χ4n) is 1.71. The maximum Gasteiger partial charge on any atom is 0.291 e. The van der Waals surface area contributed by atoms with Gasteiger partial charge in [0, 0.05) is 14.8 Å². The molecule has 2 rings (SSSR count). The second kappa shape index (κ2) is 7.25. The van der Waals surface area contributed by atoms with E-state index in [0.717, 1.165) is 9.26 Å². The number of aromatic hydroxyl groups is 1. The van der Waals surface area contributed by atoms with Crippen LogP contribution in [0.5, 0.6) is 11.5 Å². The van der Waals surface area contributed by atoms with Gasteiger partial charge in [0.05, 0.1) is 12.8 Å². The Kier molecular flexibility index (Phi) is 5.36. The van der Waals surface area contributed by atoms with Gasteiger partial charge in [-0.25, -0.2) is 5.43 Å². The van der Waals surface area contributed by atoms with E-state index < -0.39 is 5.91 Å². The van der Waals surface area contributed by atoms with Crippen molar-refractivity contribution < 1.29 is 14.6 Å². The van der Waals surface area contributed by atoms with Crippen LogP contribution in [0.2, 0.25) is 0 Å². The Labute approximate surface area is 140 Å². The summed E-state index contributed by atoms with van der Waals surface area (Å²) in [5.41, 5.74) is 3.84. The number of hydrogen-bond acceptors (Lipinski definition) is 5. The maximum absolute atomic E-state index is 11.8. The van der Waals surface area contributed by atoms with Crippen LogP contribution < -0.4 is 10.2 Å². The summed E-state index contributed by atoms with van der Waals surface area (Å²) >= 11 is 2.11. The zero-order valence-electron chi connectivity index (χ0n) is 12.1. The lowest BCUT2D eigenvalue weighted by Crippen LogP contribution is -2.18. The van der Waals surface area contributed by atoms with Crippen LogP contribution in [0.4, 0.5) is 0 Å². The number of amides is 1. The number of carbonyl (C=O) groups is 1. The van der Waals surface area contributed by atoms with Crippen molar-refractivity contribution in [3.05, 3.63) is 38.7 Å². The van der Waals surface area contributed by atoms with Crippen LogP contribution in [0.3, 0.4) is 0 Å². The third kappa shape index (κ3) is 3.97. The highest BCUT2D eigenvalue weighted by molar-refractivity contribution is 14.1. The Balaban J connectivity index is 2.11. The smallest absolute Gasteiger partial charge is 0.291 e. The average molecular weight is 414 g/mol. The van der Waals surface area contributed by atoms with Gasteiger partial charge in [-0.1, -0.05) is 0 Å². The highest BCUT2D eigenvalue weighted by Gasteiger charge is 2.10. The molecule has 0 aliphatic heterocycles. The number of halogens is 1. The maximum atomic E-state index is 11.8. The summed E-state index contributed by atoms with van der Waals surface area (Å²) < 4.78 is 6.22. The van der Waals surface area contributed by atoms with E-state index in [1.807, 2.05) is 6.92 Å². The van der Waals surface area contributed by atoms with Crippen molar-refractivity contribution in [2.45, 2.75) is 13.8 Å². The number of ether oxygens (including phenoxy) is 1. The highest BCUT2D eigenvalue weighted by atomic mass is 127. The number of nitrogens with zero attached hydrogens (tertiary/aromatic N) is 2. The van der Waals surface area contributed by atoms with E-state index in [1.165, 1.54) is 6.21 Å². The molecule has 0 unspecified atom stereocenters. The first-order valence-corrected chi connectivity index (χ1v) is 7.60. The minimum absolute atomic E-state index is 0.0177. The van der Waals surface area contributed by atoms with Gasteiger partial charge in [0.15, 0.2) is 17.2 Å². The Morgan fingerprint density at radius 3 is 2.95 bits per heavy atom. The molecule has 1 heterocycles. The molecule has 0 aliphatic rings. The van der Waals surface area contributed by atoms with Crippen molar-refractivity contribution in [2.75, 3.05) is 6.61 Å². The standard InChI is InChI=1S/C14H15IN4O3/c1-3-22-12-6-10(15)5-9(13(12)20)7-16-19-14(21)11-4-8(2)17-18-11/h4-7,20H,3H2,1-2H3,(H,17,18)(H,19,21). The van der Waals surface area contributed by atoms with Crippen molar-refractivity contribution in [3.8, 4) is 11.5 Å². The van der Waals surface area contributed by atoms with Crippen molar-refractivity contribution in [1.29, 1.82) is 0 Å². The summed E-state index contributed by atoms with van der Waals surface area (Å²) in [5, 5.41) is 20.4. The molecular weight excluding hydrogens is 399 g/mol. The number of benzene rings is 1. The molecule has 0 aliphatic carbocycles. The zero-order valence-corrected chi connectivity index (χ0v) is 14.2. The number of rotatable bonds is 5. The molecule has 0 spiro atoms. The number of hydrazone groups is 1. The van der Waals surface area contributed by atoms with Crippen LogP contribution in [0, 0.1) is 10.5 Å². The summed E-state index contributed by atoms with van der Waals surface area (Å²) in [6, 6.07) is 5.07. The molecule has 1 amide bonds. The largest absolute Gasteiger partial charge is 0.504 e.